The van der Waals surface area contributed by atoms with Crippen LogP contribution in [0.1, 0.15) is 25.7 Å². The Morgan fingerprint density at radius 3 is 2.28 bits per heavy atom. The van der Waals surface area contributed by atoms with Crippen LogP contribution in [0.15, 0.2) is 0 Å². The third-order valence-corrected chi connectivity index (χ3v) is 4.22. The van der Waals surface area contributed by atoms with E-state index in [9.17, 15) is 4.79 Å². The maximum Gasteiger partial charge on any atom is 0.236 e. The van der Waals surface area contributed by atoms with Crippen LogP contribution in [0, 0.1) is 17.2 Å². The minimum absolute atomic E-state index is 0.0663. The summed E-state index contributed by atoms with van der Waals surface area (Å²) in [5, 5.41) is 8.89. The van der Waals surface area contributed by atoms with Crippen LogP contribution < -0.4 is 5.73 Å². The summed E-state index contributed by atoms with van der Waals surface area (Å²) in [5.41, 5.74) is 5.38. The van der Waals surface area contributed by atoms with Crippen molar-refractivity contribution in [1.29, 1.82) is 5.26 Å². The molecule has 0 aromatic heterocycles. The lowest BCUT2D eigenvalue weighted by molar-refractivity contribution is -0.131. The Bertz CT molecular complexity index is 322. The van der Waals surface area contributed by atoms with E-state index in [0.29, 0.717) is 6.04 Å². The lowest BCUT2D eigenvalue weighted by atomic mass is 9.94. The van der Waals surface area contributed by atoms with Crippen molar-refractivity contribution in [3.63, 3.8) is 0 Å². The molecule has 18 heavy (non-hydrogen) atoms. The molecule has 0 bridgehead atoms. The molecule has 2 heterocycles. The predicted molar refractivity (Wildman–Crippen MR) is 68.6 cm³/mol. The smallest absolute Gasteiger partial charge is 0.236 e. The minimum Gasteiger partial charge on any atom is -0.341 e. The molecular formula is C13H22N4O. The second-order valence-electron chi connectivity index (χ2n) is 5.26. The summed E-state index contributed by atoms with van der Waals surface area (Å²) in [5.74, 6) is 0.316. The molecule has 0 unspecified atom stereocenters. The number of rotatable bonds is 2. The van der Waals surface area contributed by atoms with Crippen LogP contribution in [0.4, 0.5) is 0 Å². The monoisotopic (exact) mass is 250 g/mol. The topological polar surface area (TPSA) is 73.4 Å². The fourth-order valence-corrected chi connectivity index (χ4v) is 3.00. The molecule has 100 valence electrons. The van der Waals surface area contributed by atoms with Gasteiger partial charge in [-0.3, -0.25) is 4.79 Å². The van der Waals surface area contributed by atoms with Crippen LogP contribution in [0.3, 0.4) is 0 Å². The highest BCUT2D eigenvalue weighted by Crippen LogP contribution is 2.23. The summed E-state index contributed by atoms with van der Waals surface area (Å²) in [6.45, 7) is 3.86. The lowest BCUT2D eigenvalue weighted by Crippen LogP contribution is -2.49. The van der Waals surface area contributed by atoms with Gasteiger partial charge < -0.3 is 15.5 Å². The van der Waals surface area contributed by atoms with E-state index in [1.54, 1.807) is 0 Å². The van der Waals surface area contributed by atoms with Gasteiger partial charge in [-0.05, 0) is 38.8 Å². The lowest BCUT2D eigenvalue weighted by Gasteiger charge is -2.40. The zero-order valence-electron chi connectivity index (χ0n) is 10.8. The molecule has 0 aliphatic carbocycles. The van der Waals surface area contributed by atoms with Gasteiger partial charge in [-0.2, -0.15) is 5.26 Å². The standard InChI is InChI=1S/C13H22N4O/c14-9-11-1-5-16(6-2-11)12-3-7-17(8-4-12)13(18)10-15/h11-12H,1-8,10,15H2. The van der Waals surface area contributed by atoms with Gasteiger partial charge in [0.15, 0.2) is 0 Å². The van der Waals surface area contributed by atoms with Crippen LogP contribution in [0.25, 0.3) is 0 Å². The van der Waals surface area contributed by atoms with Crippen molar-refractivity contribution >= 4 is 5.91 Å². The predicted octanol–water partition coefficient (Wildman–Crippen LogP) is 0.172. The van der Waals surface area contributed by atoms with E-state index in [1.165, 1.54) is 0 Å². The number of hydrogen-bond donors (Lipinski definition) is 1. The zero-order chi connectivity index (χ0) is 13.0. The molecule has 2 fully saturated rings. The van der Waals surface area contributed by atoms with Crippen molar-refractivity contribution in [2.45, 2.75) is 31.7 Å². The Labute approximate surface area is 109 Å². The van der Waals surface area contributed by atoms with Crippen LogP contribution in [0.2, 0.25) is 0 Å². The zero-order valence-corrected chi connectivity index (χ0v) is 10.8. The number of likely N-dealkylation sites (tertiary alicyclic amines) is 2. The van der Waals surface area contributed by atoms with Crippen molar-refractivity contribution in [2.75, 3.05) is 32.7 Å². The first-order valence-corrected chi connectivity index (χ1v) is 6.86. The molecule has 2 N–H and O–H groups in total. The SMILES string of the molecule is N#CC1CCN(C2CCN(C(=O)CN)CC2)CC1. The van der Waals surface area contributed by atoms with Gasteiger partial charge in [0.1, 0.15) is 0 Å². The van der Waals surface area contributed by atoms with Gasteiger partial charge in [0.25, 0.3) is 0 Å². The van der Waals surface area contributed by atoms with Crippen molar-refractivity contribution in [3.05, 3.63) is 0 Å². The molecule has 0 saturated carbocycles. The van der Waals surface area contributed by atoms with E-state index >= 15 is 0 Å². The van der Waals surface area contributed by atoms with Gasteiger partial charge in [-0.15, -0.1) is 0 Å². The number of hydrogen-bond acceptors (Lipinski definition) is 4. The summed E-state index contributed by atoms with van der Waals surface area (Å²) in [6.07, 6.45) is 4.09. The van der Waals surface area contributed by atoms with Crippen molar-refractivity contribution in [1.82, 2.24) is 9.80 Å². The van der Waals surface area contributed by atoms with Crippen LogP contribution in [-0.4, -0.2) is 54.5 Å². The maximum absolute atomic E-state index is 11.5. The molecule has 2 saturated heterocycles. The first-order chi connectivity index (χ1) is 8.74. The molecule has 1 amide bonds. The summed E-state index contributed by atoms with van der Waals surface area (Å²) >= 11 is 0. The summed E-state index contributed by atoms with van der Waals surface area (Å²) in [6, 6.07) is 2.95. The average Bonchev–Trinajstić information content (AvgIpc) is 2.47. The summed E-state index contributed by atoms with van der Waals surface area (Å²) < 4.78 is 0. The molecular weight excluding hydrogens is 228 g/mol. The van der Waals surface area contributed by atoms with E-state index in [1.807, 2.05) is 4.90 Å². The highest BCUT2D eigenvalue weighted by Gasteiger charge is 2.29. The minimum atomic E-state index is 0.0663. The summed E-state index contributed by atoms with van der Waals surface area (Å²) in [7, 11) is 0. The number of nitrogens with zero attached hydrogens (tertiary/aromatic N) is 3. The van der Waals surface area contributed by atoms with Gasteiger partial charge >= 0.3 is 0 Å². The molecule has 0 radical (unpaired) electrons. The van der Waals surface area contributed by atoms with E-state index in [2.05, 4.69) is 11.0 Å². The number of nitrogens with two attached hydrogens (primary N) is 1. The van der Waals surface area contributed by atoms with Crippen LogP contribution in [0.5, 0.6) is 0 Å². The Morgan fingerprint density at radius 1 is 1.17 bits per heavy atom. The van der Waals surface area contributed by atoms with Gasteiger partial charge in [-0.25, -0.2) is 0 Å². The quantitative estimate of drug-likeness (QED) is 0.758. The number of piperidine rings is 2. The molecule has 2 aliphatic heterocycles. The third kappa shape index (κ3) is 3.01. The van der Waals surface area contributed by atoms with Crippen LogP contribution in [-0.2, 0) is 4.79 Å². The van der Waals surface area contributed by atoms with Crippen molar-refractivity contribution < 1.29 is 4.79 Å². The van der Waals surface area contributed by atoms with Gasteiger partial charge in [0.2, 0.25) is 5.91 Å². The normalized spacial score (nSPS) is 23.9. The first-order valence-electron chi connectivity index (χ1n) is 6.86. The molecule has 0 aromatic carbocycles. The molecule has 2 rings (SSSR count). The number of amides is 1. The highest BCUT2D eigenvalue weighted by molar-refractivity contribution is 5.78. The van der Waals surface area contributed by atoms with Crippen LogP contribution >= 0.6 is 0 Å². The van der Waals surface area contributed by atoms with E-state index in [4.69, 9.17) is 11.0 Å². The molecule has 5 nitrogen and oxygen atoms in total. The van der Waals surface area contributed by atoms with E-state index < -0.39 is 0 Å². The third-order valence-electron chi connectivity index (χ3n) is 4.22. The average molecular weight is 250 g/mol. The molecule has 5 heteroatoms. The number of carbonyl (C=O) groups is 1. The Kier molecular flexibility index (Phi) is 4.56. The fourth-order valence-electron chi connectivity index (χ4n) is 3.00. The Hall–Kier alpha value is -1.12. The van der Waals surface area contributed by atoms with Crippen molar-refractivity contribution in [2.24, 2.45) is 11.7 Å². The van der Waals surface area contributed by atoms with Gasteiger partial charge in [-0.1, -0.05) is 0 Å². The maximum atomic E-state index is 11.5. The highest BCUT2D eigenvalue weighted by atomic mass is 16.2. The second-order valence-corrected chi connectivity index (χ2v) is 5.26. The Morgan fingerprint density at radius 2 is 1.78 bits per heavy atom. The largest absolute Gasteiger partial charge is 0.341 e. The van der Waals surface area contributed by atoms with Gasteiger partial charge in [0, 0.05) is 25.0 Å². The van der Waals surface area contributed by atoms with Gasteiger partial charge in [0.05, 0.1) is 12.6 Å². The summed E-state index contributed by atoms with van der Waals surface area (Å²) in [4.78, 5) is 15.9. The van der Waals surface area contributed by atoms with E-state index in [-0.39, 0.29) is 18.4 Å². The number of nitriles is 1. The molecule has 2 aliphatic rings. The molecule has 0 atom stereocenters. The fraction of sp³-hybridized carbons (Fsp3) is 0.846. The first kappa shape index (κ1) is 13.3. The van der Waals surface area contributed by atoms with E-state index in [0.717, 1.165) is 51.9 Å². The number of carbonyl (C=O) groups excluding carboxylic acids is 1. The second kappa shape index (κ2) is 6.17. The van der Waals surface area contributed by atoms with Crippen molar-refractivity contribution in [3.8, 4) is 6.07 Å². The molecule has 0 spiro atoms. The Balaban J connectivity index is 1.77. The molecule has 0 aromatic rings.